The molecular weight excluding hydrogens is 320 g/mol. The van der Waals surface area contributed by atoms with Gasteiger partial charge in [0.2, 0.25) is 6.79 Å². The molecule has 2 aromatic rings. The summed E-state index contributed by atoms with van der Waals surface area (Å²) >= 11 is 5.95. The summed E-state index contributed by atoms with van der Waals surface area (Å²) in [4.78, 5) is 10.8. The van der Waals surface area contributed by atoms with E-state index in [0.717, 1.165) is 18.5 Å². The van der Waals surface area contributed by atoms with Crippen LogP contribution in [0.4, 0.5) is 5.69 Å². The number of ether oxygens (including phenoxy) is 2. The topological polar surface area (TPSA) is 78.2 Å². The summed E-state index contributed by atoms with van der Waals surface area (Å²) in [6.45, 7) is 1.42. The third kappa shape index (κ3) is 3.72. The zero-order valence-electron chi connectivity index (χ0n) is 12.3. The van der Waals surface area contributed by atoms with Crippen LogP contribution in [0.1, 0.15) is 11.1 Å². The van der Waals surface area contributed by atoms with Crippen molar-refractivity contribution in [2.75, 3.05) is 13.3 Å². The van der Waals surface area contributed by atoms with E-state index in [0.29, 0.717) is 28.6 Å². The van der Waals surface area contributed by atoms with Gasteiger partial charge in [0.25, 0.3) is 5.69 Å². The number of quaternary nitrogens is 1. The molecule has 0 saturated heterocycles. The minimum absolute atomic E-state index is 0.0632. The fourth-order valence-electron chi connectivity index (χ4n) is 2.53. The van der Waals surface area contributed by atoms with Crippen LogP contribution in [-0.2, 0) is 13.0 Å². The van der Waals surface area contributed by atoms with Crippen molar-refractivity contribution in [3.8, 4) is 11.5 Å². The van der Waals surface area contributed by atoms with Crippen LogP contribution in [-0.4, -0.2) is 18.3 Å². The molecule has 2 N–H and O–H groups in total. The fourth-order valence-corrected chi connectivity index (χ4v) is 2.74. The zero-order chi connectivity index (χ0) is 16.2. The molecule has 0 atom stereocenters. The second kappa shape index (κ2) is 6.85. The van der Waals surface area contributed by atoms with E-state index in [-0.39, 0.29) is 17.4 Å². The lowest BCUT2D eigenvalue weighted by atomic mass is 10.1. The Hall–Kier alpha value is -2.31. The minimum Gasteiger partial charge on any atom is -0.454 e. The van der Waals surface area contributed by atoms with E-state index < -0.39 is 0 Å². The van der Waals surface area contributed by atoms with Gasteiger partial charge in [0.1, 0.15) is 6.54 Å². The molecule has 120 valence electrons. The molecule has 0 spiro atoms. The smallest absolute Gasteiger partial charge is 0.282 e. The molecule has 0 amide bonds. The number of rotatable bonds is 6. The van der Waals surface area contributed by atoms with E-state index in [1.54, 1.807) is 6.07 Å². The maximum absolute atomic E-state index is 11.2. The monoisotopic (exact) mass is 335 g/mol. The standard InChI is InChI=1S/C16H15ClN2O4/c17-13-3-1-2-11(6-13)4-5-18-9-12-7-15-16(23-10-22-15)8-14(12)19(20)21/h1-3,6-8,18H,4-5,9-10H2/p+1. The van der Waals surface area contributed by atoms with Crippen LogP contribution in [0.25, 0.3) is 0 Å². The average Bonchev–Trinajstić information content (AvgIpc) is 2.98. The van der Waals surface area contributed by atoms with Gasteiger partial charge >= 0.3 is 0 Å². The van der Waals surface area contributed by atoms with Crippen molar-refractivity contribution < 1.29 is 19.7 Å². The van der Waals surface area contributed by atoms with Gasteiger partial charge in [-0.1, -0.05) is 23.7 Å². The molecule has 0 aliphatic carbocycles. The summed E-state index contributed by atoms with van der Waals surface area (Å²) in [5, 5.41) is 13.9. The maximum Gasteiger partial charge on any atom is 0.282 e. The quantitative estimate of drug-likeness (QED) is 0.499. The average molecular weight is 336 g/mol. The number of benzene rings is 2. The van der Waals surface area contributed by atoms with Crippen molar-refractivity contribution in [2.24, 2.45) is 0 Å². The highest BCUT2D eigenvalue weighted by Crippen LogP contribution is 2.37. The lowest BCUT2D eigenvalue weighted by Gasteiger charge is -2.05. The van der Waals surface area contributed by atoms with Crippen LogP contribution in [0.15, 0.2) is 36.4 Å². The molecule has 1 heterocycles. The zero-order valence-corrected chi connectivity index (χ0v) is 13.1. The van der Waals surface area contributed by atoms with Gasteiger partial charge in [0, 0.05) is 11.4 Å². The number of halogens is 1. The largest absolute Gasteiger partial charge is 0.454 e. The molecule has 0 unspecified atom stereocenters. The Labute approximate surface area is 138 Å². The van der Waals surface area contributed by atoms with Crippen molar-refractivity contribution in [3.05, 3.63) is 62.7 Å². The van der Waals surface area contributed by atoms with Gasteiger partial charge in [-0.15, -0.1) is 0 Å². The van der Waals surface area contributed by atoms with Crippen LogP contribution in [0, 0.1) is 10.1 Å². The van der Waals surface area contributed by atoms with Crippen LogP contribution in [0.5, 0.6) is 11.5 Å². The molecule has 23 heavy (non-hydrogen) atoms. The maximum atomic E-state index is 11.2. The summed E-state index contributed by atoms with van der Waals surface area (Å²) in [7, 11) is 0. The highest BCUT2D eigenvalue weighted by molar-refractivity contribution is 6.30. The highest BCUT2D eigenvalue weighted by atomic mass is 35.5. The second-order valence-electron chi connectivity index (χ2n) is 5.25. The Bertz CT molecular complexity index is 736. The summed E-state index contributed by atoms with van der Waals surface area (Å²) in [6.07, 6.45) is 0.846. The van der Waals surface area contributed by atoms with Gasteiger partial charge in [0.15, 0.2) is 11.5 Å². The minimum atomic E-state index is -0.387. The fraction of sp³-hybridized carbons (Fsp3) is 0.250. The van der Waals surface area contributed by atoms with Crippen molar-refractivity contribution in [2.45, 2.75) is 13.0 Å². The van der Waals surface area contributed by atoms with Crippen LogP contribution < -0.4 is 14.8 Å². The molecule has 0 saturated carbocycles. The number of hydrogen-bond donors (Lipinski definition) is 1. The lowest BCUT2D eigenvalue weighted by molar-refractivity contribution is -0.670. The van der Waals surface area contributed by atoms with Crippen LogP contribution in [0.3, 0.4) is 0 Å². The third-order valence-electron chi connectivity index (χ3n) is 3.66. The predicted octanol–water partition coefficient (Wildman–Crippen LogP) is 2.28. The van der Waals surface area contributed by atoms with E-state index in [4.69, 9.17) is 21.1 Å². The Morgan fingerprint density at radius 1 is 1.22 bits per heavy atom. The molecule has 2 aromatic carbocycles. The second-order valence-corrected chi connectivity index (χ2v) is 5.69. The first kappa shape index (κ1) is 15.6. The van der Waals surface area contributed by atoms with E-state index in [2.05, 4.69) is 0 Å². The van der Waals surface area contributed by atoms with E-state index in [9.17, 15) is 10.1 Å². The van der Waals surface area contributed by atoms with Gasteiger partial charge in [0.05, 0.1) is 23.1 Å². The highest BCUT2D eigenvalue weighted by Gasteiger charge is 2.23. The number of nitro groups is 1. The van der Waals surface area contributed by atoms with Gasteiger partial charge < -0.3 is 14.8 Å². The first-order valence-electron chi connectivity index (χ1n) is 7.26. The Balaban J connectivity index is 1.62. The Morgan fingerprint density at radius 2 is 2.00 bits per heavy atom. The first-order chi connectivity index (χ1) is 11.1. The number of nitrogens with zero attached hydrogens (tertiary/aromatic N) is 1. The van der Waals surface area contributed by atoms with Crippen LogP contribution in [0.2, 0.25) is 5.02 Å². The summed E-state index contributed by atoms with van der Waals surface area (Å²) in [6, 6.07) is 10.8. The third-order valence-corrected chi connectivity index (χ3v) is 3.90. The molecule has 0 fully saturated rings. The van der Waals surface area contributed by atoms with Crippen molar-refractivity contribution in [1.29, 1.82) is 0 Å². The molecule has 3 rings (SSSR count). The number of fused-ring (bicyclic) bond motifs is 1. The molecule has 7 heteroatoms. The van der Waals surface area contributed by atoms with E-state index in [1.165, 1.54) is 6.07 Å². The van der Waals surface area contributed by atoms with Crippen molar-refractivity contribution in [3.63, 3.8) is 0 Å². The SMILES string of the molecule is O=[N+]([O-])c1cc2c(cc1C[NH2+]CCc1cccc(Cl)c1)OCO2. The van der Waals surface area contributed by atoms with Gasteiger partial charge in [-0.2, -0.15) is 0 Å². The summed E-state index contributed by atoms with van der Waals surface area (Å²) in [5.74, 6) is 0.994. The van der Waals surface area contributed by atoms with Crippen molar-refractivity contribution in [1.82, 2.24) is 0 Å². The number of nitro benzene ring substituents is 1. The Kier molecular flexibility index (Phi) is 4.64. The van der Waals surface area contributed by atoms with E-state index in [1.807, 2.05) is 29.6 Å². The van der Waals surface area contributed by atoms with Gasteiger partial charge in [-0.3, -0.25) is 10.1 Å². The number of hydrogen-bond acceptors (Lipinski definition) is 4. The summed E-state index contributed by atoms with van der Waals surface area (Å²) < 4.78 is 10.5. The molecule has 6 nitrogen and oxygen atoms in total. The molecule has 0 radical (unpaired) electrons. The van der Waals surface area contributed by atoms with E-state index >= 15 is 0 Å². The molecule has 0 bridgehead atoms. The molecule has 0 aromatic heterocycles. The first-order valence-corrected chi connectivity index (χ1v) is 7.64. The van der Waals surface area contributed by atoms with Gasteiger partial charge in [-0.25, -0.2) is 0 Å². The molecule has 1 aliphatic heterocycles. The normalized spacial score (nSPS) is 12.4. The molecular formula is C16H16ClN2O4+. The Morgan fingerprint density at radius 3 is 2.74 bits per heavy atom. The summed E-state index contributed by atoms with van der Waals surface area (Å²) in [5.41, 5.74) is 1.84. The predicted molar refractivity (Wildman–Crippen MR) is 84.9 cm³/mol. The lowest BCUT2D eigenvalue weighted by Crippen LogP contribution is -2.83. The van der Waals surface area contributed by atoms with Crippen LogP contribution >= 0.6 is 11.6 Å². The van der Waals surface area contributed by atoms with Gasteiger partial charge in [-0.05, 0) is 23.8 Å². The van der Waals surface area contributed by atoms with Crippen molar-refractivity contribution >= 4 is 17.3 Å². The molecule has 1 aliphatic rings. The number of nitrogens with two attached hydrogens (primary N) is 1.